The van der Waals surface area contributed by atoms with Crippen LogP contribution in [0.2, 0.25) is 0 Å². The normalized spacial score (nSPS) is 19.5. The van der Waals surface area contributed by atoms with Crippen molar-refractivity contribution in [3.63, 3.8) is 0 Å². The SMILES string of the molecule is CN(C(=O)CN=C(N)N1CCN(c2ncccn2)CC1)C1CCCCC1. The van der Waals surface area contributed by atoms with Crippen molar-refractivity contribution in [2.24, 2.45) is 10.7 Å². The lowest BCUT2D eigenvalue weighted by atomic mass is 9.94. The van der Waals surface area contributed by atoms with Gasteiger partial charge in [-0.2, -0.15) is 0 Å². The number of nitrogens with two attached hydrogens (primary N) is 1. The van der Waals surface area contributed by atoms with E-state index in [0.29, 0.717) is 12.0 Å². The standard InChI is InChI=1S/C18H29N7O/c1-23(15-6-3-2-4-7-15)16(26)14-22-17(19)24-10-12-25(13-11-24)18-20-8-5-9-21-18/h5,8-9,15H,2-4,6-7,10-14H2,1H3,(H2,19,22). The molecular weight excluding hydrogens is 330 g/mol. The summed E-state index contributed by atoms with van der Waals surface area (Å²) in [6.45, 7) is 3.20. The smallest absolute Gasteiger partial charge is 0.244 e. The molecule has 2 heterocycles. The molecule has 0 bridgehead atoms. The number of piperazine rings is 1. The highest BCUT2D eigenvalue weighted by molar-refractivity contribution is 5.84. The predicted molar refractivity (Wildman–Crippen MR) is 102 cm³/mol. The number of likely N-dealkylation sites (N-methyl/N-ethyl adjacent to an activating group) is 1. The van der Waals surface area contributed by atoms with Crippen LogP contribution < -0.4 is 10.6 Å². The van der Waals surface area contributed by atoms with Gasteiger partial charge in [0.15, 0.2) is 5.96 Å². The van der Waals surface area contributed by atoms with E-state index < -0.39 is 0 Å². The summed E-state index contributed by atoms with van der Waals surface area (Å²) in [6.07, 6.45) is 9.41. The molecule has 0 spiro atoms. The lowest BCUT2D eigenvalue weighted by molar-refractivity contribution is -0.130. The van der Waals surface area contributed by atoms with E-state index in [4.69, 9.17) is 5.73 Å². The minimum Gasteiger partial charge on any atom is -0.370 e. The van der Waals surface area contributed by atoms with Crippen molar-refractivity contribution in [3.8, 4) is 0 Å². The van der Waals surface area contributed by atoms with E-state index in [-0.39, 0.29) is 12.5 Å². The molecule has 8 nitrogen and oxygen atoms in total. The molecule has 1 saturated heterocycles. The molecule has 2 fully saturated rings. The molecule has 2 aliphatic rings. The number of hydrogen-bond donors (Lipinski definition) is 1. The first-order valence-electron chi connectivity index (χ1n) is 9.47. The van der Waals surface area contributed by atoms with Gasteiger partial charge in [0, 0.05) is 51.7 Å². The van der Waals surface area contributed by atoms with Crippen LogP contribution in [0.4, 0.5) is 5.95 Å². The molecule has 1 amide bonds. The fourth-order valence-corrected chi connectivity index (χ4v) is 3.62. The van der Waals surface area contributed by atoms with Crippen LogP contribution in [0, 0.1) is 0 Å². The van der Waals surface area contributed by atoms with Crippen molar-refractivity contribution >= 4 is 17.8 Å². The zero-order valence-corrected chi connectivity index (χ0v) is 15.5. The van der Waals surface area contributed by atoms with Crippen LogP contribution >= 0.6 is 0 Å². The predicted octanol–water partition coefficient (Wildman–Crippen LogP) is 0.704. The third kappa shape index (κ3) is 4.62. The summed E-state index contributed by atoms with van der Waals surface area (Å²) in [7, 11) is 1.89. The van der Waals surface area contributed by atoms with Crippen LogP contribution in [0.5, 0.6) is 0 Å². The van der Waals surface area contributed by atoms with Crippen LogP contribution in [0.3, 0.4) is 0 Å². The number of rotatable bonds is 4. The summed E-state index contributed by atoms with van der Waals surface area (Å²) in [5, 5.41) is 0. The van der Waals surface area contributed by atoms with Crippen LogP contribution in [-0.4, -0.2) is 77.4 Å². The Labute approximate surface area is 155 Å². The van der Waals surface area contributed by atoms with Crippen LogP contribution in [-0.2, 0) is 4.79 Å². The Morgan fingerprint density at radius 3 is 2.50 bits per heavy atom. The van der Waals surface area contributed by atoms with Crippen molar-refractivity contribution < 1.29 is 4.79 Å². The Kier molecular flexibility index (Phi) is 6.25. The first-order valence-corrected chi connectivity index (χ1v) is 9.47. The second-order valence-electron chi connectivity index (χ2n) is 6.99. The lowest BCUT2D eigenvalue weighted by Crippen LogP contribution is -2.51. The maximum atomic E-state index is 12.4. The average Bonchev–Trinajstić information content (AvgIpc) is 2.72. The molecule has 1 aliphatic carbocycles. The molecule has 3 rings (SSSR count). The number of aromatic nitrogens is 2. The van der Waals surface area contributed by atoms with E-state index in [1.807, 2.05) is 22.9 Å². The highest BCUT2D eigenvalue weighted by Crippen LogP contribution is 2.21. The fraction of sp³-hybridized carbons (Fsp3) is 0.667. The Hall–Kier alpha value is -2.38. The van der Waals surface area contributed by atoms with Gasteiger partial charge in [0.25, 0.3) is 0 Å². The summed E-state index contributed by atoms with van der Waals surface area (Å²) in [5.41, 5.74) is 6.11. The topological polar surface area (TPSA) is 91.0 Å². The van der Waals surface area contributed by atoms with Gasteiger partial charge in [-0.25, -0.2) is 15.0 Å². The summed E-state index contributed by atoms with van der Waals surface area (Å²) < 4.78 is 0. The average molecular weight is 359 g/mol. The van der Waals surface area contributed by atoms with E-state index in [2.05, 4.69) is 19.9 Å². The second kappa shape index (κ2) is 8.82. The Bertz CT molecular complexity index is 607. The third-order valence-electron chi connectivity index (χ3n) is 5.33. The molecular formula is C18H29N7O. The second-order valence-corrected chi connectivity index (χ2v) is 6.99. The van der Waals surface area contributed by atoms with E-state index in [9.17, 15) is 4.79 Å². The van der Waals surface area contributed by atoms with Gasteiger partial charge >= 0.3 is 0 Å². The van der Waals surface area contributed by atoms with Gasteiger partial charge < -0.3 is 20.4 Å². The highest BCUT2D eigenvalue weighted by Gasteiger charge is 2.23. The van der Waals surface area contributed by atoms with Gasteiger partial charge in [0.2, 0.25) is 11.9 Å². The van der Waals surface area contributed by atoms with Crippen molar-refractivity contribution in [2.45, 2.75) is 38.1 Å². The number of aliphatic imine (C=N–C) groups is 1. The van der Waals surface area contributed by atoms with Gasteiger partial charge in [0.05, 0.1) is 0 Å². The van der Waals surface area contributed by atoms with Crippen molar-refractivity contribution in [3.05, 3.63) is 18.5 Å². The molecule has 2 N–H and O–H groups in total. The van der Waals surface area contributed by atoms with E-state index in [0.717, 1.165) is 45.0 Å². The minimum atomic E-state index is 0.0520. The molecule has 1 aromatic rings. The molecule has 1 saturated carbocycles. The number of amides is 1. The van der Waals surface area contributed by atoms with Crippen LogP contribution in [0.25, 0.3) is 0 Å². The molecule has 0 aromatic carbocycles. The van der Waals surface area contributed by atoms with E-state index in [1.54, 1.807) is 12.4 Å². The van der Waals surface area contributed by atoms with Gasteiger partial charge in [0.1, 0.15) is 6.54 Å². The first-order chi connectivity index (χ1) is 12.6. The number of guanidine groups is 1. The summed E-state index contributed by atoms with van der Waals surface area (Å²) in [6, 6.07) is 2.17. The number of anilines is 1. The van der Waals surface area contributed by atoms with Crippen molar-refractivity contribution in [2.75, 3.05) is 44.7 Å². The molecule has 0 atom stereocenters. The molecule has 0 unspecified atom stereocenters. The van der Waals surface area contributed by atoms with Crippen molar-refractivity contribution in [1.82, 2.24) is 19.8 Å². The first kappa shape index (κ1) is 18.4. The monoisotopic (exact) mass is 359 g/mol. The van der Waals surface area contributed by atoms with E-state index in [1.165, 1.54) is 19.3 Å². The third-order valence-corrected chi connectivity index (χ3v) is 5.33. The maximum absolute atomic E-state index is 12.4. The minimum absolute atomic E-state index is 0.0520. The molecule has 1 aliphatic heterocycles. The zero-order chi connectivity index (χ0) is 18.4. The Morgan fingerprint density at radius 1 is 1.19 bits per heavy atom. The summed E-state index contributed by atoms with van der Waals surface area (Å²) in [4.78, 5) is 31.3. The molecule has 142 valence electrons. The lowest BCUT2D eigenvalue weighted by Gasteiger charge is -2.35. The van der Waals surface area contributed by atoms with Gasteiger partial charge in [-0.3, -0.25) is 4.79 Å². The Morgan fingerprint density at radius 2 is 1.85 bits per heavy atom. The van der Waals surface area contributed by atoms with Crippen LogP contribution in [0.15, 0.2) is 23.5 Å². The number of nitrogens with zero attached hydrogens (tertiary/aromatic N) is 6. The van der Waals surface area contributed by atoms with Gasteiger partial charge in [-0.1, -0.05) is 19.3 Å². The number of carbonyl (C=O) groups excluding carboxylic acids is 1. The zero-order valence-electron chi connectivity index (χ0n) is 15.5. The molecule has 0 radical (unpaired) electrons. The Balaban J connectivity index is 1.47. The fourth-order valence-electron chi connectivity index (χ4n) is 3.62. The summed E-state index contributed by atoms with van der Waals surface area (Å²) >= 11 is 0. The molecule has 26 heavy (non-hydrogen) atoms. The maximum Gasteiger partial charge on any atom is 0.244 e. The number of carbonyl (C=O) groups is 1. The van der Waals surface area contributed by atoms with Crippen molar-refractivity contribution in [1.29, 1.82) is 0 Å². The largest absolute Gasteiger partial charge is 0.370 e. The van der Waals surface area contributed by atoms with E-state index >= 15 is 0 Å². The molecule has 1 aromatic heterocycles. The highest BCUT2D eigenvalue weighted by atomic mass is 16.2. The quantitative estimate of drug-likeness (QED) is 0.629. The molecule has 8 heteroatoms. The number of hydrogen-bond acceptors (Lipinski definition) is 5. The van der Waals surface area contributed by atoms with Gasteiger partial charge in [-0.15, -0.1) is 0 Å². The van der Waals surface area contributed by atoms with Gasteiger partial charge in [-0.05, 0) is 18.9 Å². The summed E-state index contributed by atoms with van der Waals surface area (Å²) in [5.74, 6) is 1.24. The van der Waals surface area contributed by atoms with Crippen LogP contribution in [0.1, 0.15) is 32.1 Å².